The molecule has 0 saturated heterocycles. The molecule has 0 aliphatic heterocycles. The maximum absolute atomic E-state index is 5.91. The average Bonchev–Trinajstić information content (AvgIpc) is 2.66. The molecule has 0 spiro atoms. The molecule has 0 aromatic carbocycles. The highest BCUT2D eigenvalue weighted by molar-refractivity contribution is 5.70. The smallest absolute Gasteiger partial charge is 0.180 e. The van der Waals surface area contributed by atoms with Gasteiger partial charge in [0.2, 0.25) is 0 Å². The third-order valence-electron chi connectivity index (χ3n) is 2.88. The van der Waals surface area contributed by atoms with Gasteiger partial charge >= 0.3 is 0 Å². The lowest BCUT2D eigenvalue weighted by Crippen LogP contribution is -2.03. The third-order valence-corrected chi connectivity index (χ3v) is 2.88. The zero-order valence-corrected chi connectivity index (χ0v) is 10.1. The number of aromatic nitrogens is 5. The summed E-state index contributed by atoms with van der Waals surface area (Å²) in [5.41, 5.74) is 9.64. The summed E-state index contributed by atoms with van der Waals surface area (Å²) in [6.45, 7) is 3.79. The Morgan fingerprint density at radius 1 is 1.11 bits per heavy atom. The summed E-state index contributed by atoms with van der Waals surface area (Å²) in [6, 6.07) is 3.73. The van der Waals surface area contributed by atoms with Crippen LogP contribution in [0.4, 0.5) is 5.69 Å². The molecule has 6 nitrogen and oxygen atoms in total. The Morgan fingerprint density at radius 3 is 2.61 bits per heavy atom. The Balaban J connectivity index is 2.22. The largest absolute Gasteiger partial charge is 0.396 e. The van der Waals surface area contributed by atoms with Gasteiger partial charge in [-0.2, -0.15) is 5.10 Å². The summed E-state index contributed by atoms with van der Waals surface area (Å²) in [5, 5.41) is 4.37. The van der Waals surface area contributed by atoms with Crippen LogP contribution in [0.25, 0.3) is 17.0 Å². The topological polar surface area (TPSA) is 82.5 Å². The third kappa shape index (κ3) is 1.50. The van der Waals surface area contributed by atoms with Crippen molar-refractivity contribution in [2.24, 2.45) is 0 Å². The second-order valence-electron chi connectivity index (χ2n) is 4.06. The molecular formula is C12H12N6. The fraction of sp³-hybridized carbons (Fsp3) is 0.167. The first kappa shape index (κ1) is 10.6. The lowest BCUT2D eigenvalue weighted by molar-refractivity contribution is 0.809. The van der Waals surface area contributed by atoms with Gasteiger partial charge in [0.15, 0.2) is 11.5 Å². The molecule has 0 amide bonds. The number of aryl methyl sites for hydroxylation is 1. The van der Waals surface area contributed by atoms with E-state index in [9.17, 15) is 0 Å². The first-order valence-electron chi connectivity index (χ1n) is 5.56. The van der Waals surface area contributed by atoms with Crippen molar-refractivity contribution < 1.29 is 0 Å². The summed E-state index contributed by atoms with van der Waals surface area (Å²) in [7, 11) is 0. The van der Waals surface area contributed by atoms with Crippen LogP contribution >= 0.6 is 0 Å². The van der Waals surface area contributed by atoms with Crippen LogP contribution in [0.2, 0.25) is 0 Å². The van der Waals surface area contributed by atoms with Gasteiger partial charge in [-0.05, 0) is 26.0 Å². The number of hydrogen-bond acceptors (Lipinski definition) is 5. The molecule has 90 valence electrons. The van der Waals surface area contributed by atoms with Crippen molar-refractivity contribution in [3.8, 4) is 5.82 Å². The minimum absolute atomic E-state index is 0.598. The molecule has 3 rings (SSSR count). The number of nitrogens with zero attached hydrogens (tertiary/aromatic N) is 5. The van der Waals surface area contributed by atoms with Crippen molar-refractivity contribution in [2.75, 3.05) is 5.73 Å². The van der Waals surface area contributed by atoms with Crippen molar-refractivity contribution >= 4 is 16.9 Å². The zero-order chi connectivity index (χ0) is 12.7. The van der Waals surface area contributed by atoms with Gasteiger partial charge in [-0.1, -0.05) is 0 Å². The van der Waals surface area contributed by atoms with E-state index >= 15 is 0 Å². The molecule has 0 atom stereocenters. The van der Waals surface area contributed by atoms with E-state index in [0.29, 0.717) is 17.2 Å². The minimum Gasteiger partial charge on any atom is -0.396 e. The van der Waals surface area contributed by atoms with Crippen molar-refractivity contribution in [1.82, 2.24) is 24.7 Å². The number of fused-ring (bicyclic) bond motifs is 1. The molecule has 2 N–H and O–H groups in total. The van der Waals surface area contributed by atoms with Crippen LogP contribution in [0.1, 0.15) is 11.4 Å². The van der Waals surface area contributed by atoms with Gasteiger partial charge in [0.1, 0.15) is 5.52 Å². The first-order valence-corrected chi connectivity index (χ1v) is 5.56. The number of hydrogen-bond donors (Lipinski definition) is 1. The molecule has 0 fully saturated rings. The van der Waals surface area contributed by atoms with Crippen LogP contribution in [-0.2, 0) is 0 Å². The first-order chi connectivity index (χ1) is 8.66. The number of nitrogens with two attached hydrogens (primary N) is 1. The molecule has 3 aromatic rings. The van der Waals surface area contributed by atoms with Crippen LogP contribution < -0.4 is 5.73 Å². The van der Waals surface area contributed by atoms with Crippen molar-refractivity contribution in [3.63, 3.8) is 0 Å². The average molecular weight is 240 g/mol. The van der Waals surface area contributed by atoms with Crippen molar-refractivity contribution in [3.05, 3.63) is 35.9 Å². The molecule has 3 heterocycles. The lowest BCUT2D eigenvalue weighted by atomic mass is 10.3. The lowest BCUT2D eigenvalue weighted by Gasteiger charge is -2.04. The van der Waals surface area contributed by atoms with E-state index in [2.05, 4.69) is 20.1 Å². The van der Waals surface area contributed by atoms with Crippen LogP contribution in [0.5, 0.6) is 0 Å². The normalized spacial score (nSPS) is 11.0. The number of anilines is 1. The summed E-state index contributed by atoms with van der Waals surface area (Å²) in [6.07, 6.45) is 3.26. The van der Waals surface area contributed by atoms with Gasteiger partial charge in [-0.3, -0.25) is 4.98 Å². The van der Waals surface area contributed by atoms with Gasteiger partial charge in [0.05, 0.1) is 17.1 Å². The predicted octanol–water partition coefficient (Wildman–Crippen LogP) is 1.41. The van der Waals surface area contributed by atoms with Crippen LogP contribution in [0.3, 0.4) is 0 Å². The highest BCUT2D eigenvalue weighted by atomic mass is 15.3. The summed E-state index contributed by atoms with van der Waals surface area (Å²) in [5.74, 6) is 0.695. The molecule has 0 saturated carbocycles. The second-order valence-corrected chi connectivity index (χ2v) is 4.06. The summed E-state index contributed by atoms with van der Waals surface area (Å²) >= 11 is 0. The Hall–Kier alpha value is -2.50. The fourth-order valence-corrected chi connectivity index (χ4v) is 1.84. The van der Waals surface area contributed by atoms with Gasteiger partial charge < -0.3 is 5.73 Å². The van der Waals surface area contributed by atoms with Gasteiger partial charge in [0, 0.05) is 12.4 Å². The monoisotopic (exact) mass is 240 g/mol. The molecule has 0 bridgehead atoms. The molecule has 0 radical (unpaired) electrons. The summed E-state index contributed by atoms with van der Waals surface area (Å²) in [4.78, 5) is 12.8. The number of rotatable bonds is 1. The number of pyridine rings is 1. The van der Waals surface area contributed by atoms with E-state index in [-0.39, 0.29) is 0 Å². The van der Waals surface area contributed by atoms with E-state index in [0.717, 1.165) is 16.9 Å². The predicted molar refractivity (Wildman–Crippen MR) is 68.3 cm³/mol. The van der Waals surface area contributed by atoms with Crippen LogP contribution in [0.15, 0.2) is 24.5 Å². The molecule has 0 aliphatic rings. The highest BCUT2D eigenvalue weighted by Crippen LogP contribution is 2.19. The maximum atomic E-state index is 5.91. The van der Waals surface area contributed by atoms with E-state index < -0.39 is 0 Å². The molecule has 18 heavy (non-hydrogen) atoms. The quantitative estimate of drug-likeness (QED) is 0.695. The SMILES string of the molecule is Cc1nn(-c2ccc3nccnc3n2)c(C)c1N. The zero-order valence-electron chi connectivity index (χ0n) is 10.1. The Morgan fingerprint density at radius 2 is 1.89 bits per heavy atom. The van der Waals surface area contributed by atoms with Gasteiger partial charge in [0.25, 0.3) is 0 Å². The van der Waals surface area contributed by atoms with Gasteiger partial charge in [-0.25, -0.2) is 14.6 Å². The Labute approximate surface area is 104 Å². The van der Waals surface area contributed by atoms with Gasteiger partial charge in [-0.15, -0.1) is 0 Å². The molecule has 0 unspecified atom stereocenters. The molecular weight excluding hydrogens is 228 g/mol. The van der Waals surface area contributed by atoms with E-state index in [4.69, 9.17) is 5.73 Å². The Kier molecular flexibility index (Phi) is 2.22. The van der Waals surface area contributed by atoms with Crippen molar-refractivity contribution in [1.29, 1.82) is 0 Å². The van der Waals surface area contributed by atoms with E-state index in [1.807, 2.05) is 26.0 Å². The van der Waals surface area contributed by atoms with E-state index in [1.54, 1.807) is 17.1 Å². The standard InChI is InChI=1S/C12H12N6/c1-7-11(13)8(2)18(17-7)10-4-3-9-12(16-10)15-6-5-14-9/h3-6H,13H2,1-2H3. The highest BCUT2D eigenvalue weighted by Gasteiger charge is 2.11. The van der Waals surface area contributed by atoms with Crippen LogP contribution in [0, 0.1) is 13.8 Å². The summed E-state index contributed by atoms with van der Waals surface area (Å²) < 4.78 is 1.72. The van der Waals surface area contributed by atoms with E-state index in [1.165, 1.54) is 0 Å². The fourth-order valence-electron chi connectivity index (χ4n) is 1.84. The minimum atomic E-state index is 0.598. The molecule has 6 heteroatoms. The molecule has 0 aliphatic carbocycles. The van der Waals surface area contributed by atoms with Crippen molar-refractivity contribution in [2.45, 2.75) is 13.8 Å². The molecule has 3 aromatic heterocycles. The van der Waals surface area contributed by atoms with Crippen LogP contribution in [-0.4, -0.2) is 24.7 Å². The second kappa shape index (κ2) is 3.76. The maximum Gasteiger partial charge on any atom is 0.180 e. The number of nitrogen functional groups attached to an aromatic ring is 1. The Bertz CT molecular complexity index is 731.